The summed E-state index contributed by atoms with van der Waals surface area (Å²) in [4.78, 5) is 7.96. The minimum absolute atomic E-state index is 0.0211. The van der Waals surface area contributed by atoms with Crippen LogP contribution in [0.25, 0.3) is 0 Å². The van der Waals surface area contributed by atoms with E-state index in [1.54, 1.807) is 0 Å². The molecule has 0 radical (unpaired) electrons. The lowest BCUT2D eigenvalue weighted by molar-refractivity contribution is -0.137. The van der Waals surface area contributed by atoms with Crippen LogP contribution in [0, 0.1) is 11.8 Å². The number of allylic oxidation sites excluding steroid dienone is 1. The van der Waals surface area contributed by atoms with Crippen molar-refractivity contribution in [3.05, 3.63) is 35.0 Å². The number of piperazine rings is 1. The van der Waals surface area contributed by atoms with Gasteiger partial charge >= 0.3 is 6.18 Å². The molecule has 0 spiro atoms. The molecular formula is C18H20ClF3N4S. The molecule has 0 aromatic carbocycles. The molecule has 9 heteroatoms. The first-order valence-electron chi connectivity index (χ1n) is 9.03. The molecular weight excluding hydrogens is 397 g/mol. The van der Waals surface area contributed by atoms with Crippen molar-refractivity contribution in [2.75, 3.05) is 31.1 Å². The van der Waals surface area contributed by atoms with Crippen molar-refractivity contribution >= 4 is 34.7 Å². The van der Waals surface area contributed by atoms with Crippen LogP contribution in [-0.4, -0.2) is 47.2 Å². The van der Waals surface area contributed by atoms with Gasteiger partial charge in [-0.3, -0.25) is 0 Å². The van der Waals surface area contributed by atoms with E-state index in [2.05, 4.69) is 27.4 Å². The highest BCUT2D eigenvalue weighted by atomic mass is 35.5. The van der Waals surface area contributed by atoms with Crippen molar-refractivity contribution in [1.82, 2.24) is 15.2 Å². The fourth-order valence-electron chi connectivity index (χ4n) is 4.14. The normalized spacial score (nSPS) is 27.3. The van der Waals surface area contributed by atoms with Crippen LogP contribution < -0.4 is 10.2 Å². The number of halogens is 4. The molecule has 4 rings (SSSR count). The van der Waals surface area contributed by atoms with Gasteiger partial charge in [0.15, 0.2) is 5.11 Å². The van der Waals surface area contributed by atoms with Gasteiger partial charge in [-0.1, -0.05) is 23.8 Å². The van der Waals surface area contributed by atoms with Crippen molar-refractivity contribution in [3.63, 3.8) is 0 Å². The first-order valence-corrected chi connectivity index (χ1v) is 9.81. The quantitative estimate of drug-likeness (QED) is 0.586. The first-order chi connectivity index (χ1) is 12.8. The zero-order valence-electron chi connectivity index (χ0n) is 14.5. The maximum atomic E-state index is 12.8. The largest absolute Gasteiger partial charge is 0.417 e. The molecule has 3 atom stereocenters. The highest BCUT2D eigenvalue weighted by molar-refractivity contribution is 7.80. The van der Waals surface area contributed by atoms with Gasteiger partial charge < -0.3 is 15.1 Å². The van der Waals surface area contributed by atoms with Crippen LogP contribution >= 0.6 is 23.8 Å². The van der Waals surface area contributed by atoms with E-state index in [0.717, 1.165) is 23.8 Å². The van der Waals surface area contributed by atoms with Crippen LogP contribution in [0.4, 0.5) is 19.0 Å². The van der Waals surface area contributed by atoms with Gasteiger partial charge in [0.2, 0.25) is 0 Å². The predicted molar refractivity (Wildman–Crippen MR) is 103 cm³/mol. The predicted octanol–water partition coefficient (Wildman–Crippen LogP) is 3.71. The maximum Gasteiger partial charge on any atom is 0.417 e. The number of nitrogens with zero attached hydrogens (tertiary/aromatic N) is 3. The fourth-order valence-corrected chi connectivity index (χ4v) is 4.76. The van der Waals surface area contributed by atoms with E-state index in [9.17, 15) is 13.2 Å². The van der Waals surface area contributed by atoms with Gasteiger partial charge in [0, 0.05) is 38.4 Å². The average Bonchev–Trinajstić information content (AvgIpc) is 3.24. The molecule has 2 bridgehead atoms. The van der Waals surface area contributed by atoms with Gasteiger partial charge in [0.25, 0.3) is 0 Å². The van der Waals surface area contributed by atoms with Gasteiger partial charge in [-0.2, -0.15) is 13.2 Å². The first kappa shape index (κ1) is 18.8. The number of fused-ring (bicyclic) bond motifs is 2. The fraction of sp³-hybridized carbons (Fsp3) is 0.556. The Kier molecular flexibility index (Phi) is 4.96. The summed E-state index contributed by atoms with van der Waals surface area (Å²) in [6.07, 6.45) is 3.32. The number of aromatic nitrogens is 1. The zero-order chi connectivity index (χ0) is 19.2. The van der Waals surface area contributed by atoms with Crippen LogP contribution in [0.15, 0.2) is 24.4 Å². The Labute approximate surface area is 166 Å². The number of thiocarbonyl (C=S) groups is 1. The van der Waals surface area contributed by atoms with E-state index in [1.165, 1.54) is 6.42 Å². The minimum atomic E-state index is -4.44. The Morgan fingerprint density at radius 3 is 2.48 bits per heavy atom. The van der Waals surface area contributed by atoms with Gasteiger partial charge in [0.05, 0.1) is 10.6 Å². The summed E-state index contributed by atoms with van der Waals surface area (Å²) in [6.45, 7) is 2.58. The average molecular weight is 417 g/mol. The summed E-state index contributed by atoms with van der Waals surface area (Å²) >= 11 is 11.6. The minimum Gasteiger partial charge on any atom is -0.359 e. The number of anilines is 1. The van der Waals surface area contributed by atoms with E-state index in [0.29, 0.717) is 49.9 Å². The van der Waals surface area contributed by atoms with E-state index in [1.807, 2.05) is 4.90 Å². The second kappa shape index (κ2) is 7.13. The highest BCUT2D eigenvalue weighted by Gasteiger charge is 2.37. The van der Waals surface area contributed by atoms with Gasteiger partial charge in [-0.25, -0.2) is 4.98 Å². The number of nitrogens with one attached hydrogen (secondary N) is 1. The zero-order valence-corrected chi connectivity index (χ0v) is 16.1. The molecule has 2 heterocycles. The van der Waals surface area contributed by atoms with Crippen LogP contribution in [-0.2, 0) is 6.18 Å². The lowest BCUT2D eigenvalue weighted by Crippen LogP contribution is -2.54. The van der Waals surface area contributed by atoms with E-state index >= 15 is 0 Å². The van der Waals surface area contributed by atoms with Crippen LogP contribution in [0.5, 0.6) is 0 Å². The van der Waals surface area contributed by atoms with Gasteiger partial charge in [-0.05, 0) is 43.0 Å². The summed E-state index contributed by atoms with van der Waals surface area (Å²) in [6, 6.07) is 1.35. The molecule has 27 heavy (non-hydrogen) atoms. The molecule has 1 saturated heterocycles. The third-order valence-electron chi connectivity index (χ3n) is 5.60. The summed E-state index contributed by atoms with van der Waals surface area (Å²) in [5.41, 5.74) is -0.833. The molecule has 1 aromatic rings. The Morgan fingerprint density at radius 2 is 1.93 bits per heavy atom. The number of rotatable bonds is 2. The number of hydrogen-bond acceptors (Lipinski definition) is 3. The smallest absolute Gasteiger partial charge is 0.359 e. The molecule has 4 nitrogen and oxygen atoms in total. The number of alkyl halides is 3. The van der Waals surface area contributed by atoms with Crippen molar-refractivity contribution in [1.29, 1.82) is 0 Å². The molecule has 2 fully saturated rings. The number of hydrogen-bond donors (Lipinski definition) is 1. The third-order valence-corrected chi connectivity index (χ3v) is 6.26. The topological polar surface area (TPSA) is 31.4 Å². The number of pyridine rings is 1. The maximum absolute atomic E-state index is 12.8. The third kappa shape index (κ3) is 3.87. The van der Waals surface area contributed by atoms with Crippen molar-refractivity contribution in [2.45, 2.75) is 25.1 Å². The molecule has 1 aliphatic heterocycles. The Morgan fingerprint density at radius 1 is 1.19 bits per heavy atom. The Balaban J connectivity index is 1.33. The second-order valence-corrected chi connectivity index (χ2v) is 8.13. The van der Waals surface area contributed by atoms with Crippen LogP contribution in [0.3, 0.4) is 0 Å². The van der Waals surface area contributed by atoms with E-state index < -0.39 is 11.7 Å². The Bertz CT molecular complexity index is 761. The monoisotopic (exact) mass is 416 g/mol. The standard InChI is InChI=1S/C18H20ClF3N4S/c19-14-9-13(18(20,21)22)10-23-16(14)25-3-5-26(6-4-25)17(27)24-15-8-11-1-2-12(15)7-11/h1-2,9-12,15H,3-8H2,(H,24,27)/t11-,12+,15+/m1/s1. The van der Waals surface area contributed by atoms with Crippen molar-refractivity contribution in [2.24, 2.45) is 11.8 Å². The molecule has 0 amide bonds. The van der Waals surface area contributed by atoms with E-state index in [4.69, 9.17) is 23.8 Å². The summed E-state index contributed by atoms with van der Waals surface area (Å²) < 4.78 is 38.3. The summed E-state index contributed by atoms with van der Waals surface area (Å²) in [5.74, 6) is 1.64. The van der Waals surface area contributed by atoms with Crippen molar-refractivity contribution in [3.8, 4) is 0 Å². The Hall–Kier alpha value is -1.54. The summed E-state index contributed by atoms with van der Waals surface area (Å²) in [7, 11) is 0. The molecule has 1 saturated carbocycles. The highest BCUT2D eigenvalue weighted by Crippen LogP contribution is 2.39. The van der Waals surface area contributed by atoms with Gasteiger partial charge in [-0.15, -0.1) is 0 Å². The lowest BCUT2D eigenvalue weighted by atomic mass is 10.0. The lowest BCUT2D eigenvalue weighted by Gasteiger charge is -2.38. The molecule has 2 aliphatic carbocycles. The molecule has 146 valence electrons. The van der Waals surface area contributed by atoms with Gasteiger partial charge in [0.1, 0.15) is 5.82 Å². The van der Waals surface area contributed by atoms with Crippen LogP contribution in [0.1, 0.15) is 18.4 Å². The molecule has 0 unspecified atom stereocenters. The molecule has 3 aliphatic rings. The van der Waals surface area contributed by atoms with Crippen molar-refractivity contribution < 1.29 is 13.2 Å². The van der Waals surface area contributed by atoms with E-state index in [-0.39, 0.29) is 5.02 Å². The molecule has 1 aromatic heterocycles. The van der Waals surface area contributed by atoms with Crippen LogP contribution in [0.2, 0.25) is 5.02 Å². The SMILES string of the molecule is FC(F)(F)c1cnc(N2CCN(C(=S)N[C@H]3C[C@@H]4C=C[C@H]3C4)CC2)c(Cl)c1. The second-order valence-electron chi connectivity index (χ2n) is 7.34. The molecule has 1 N–H and O–H groups in total. The summed E-state index contributed by atoms with van der Waals surface area (Å²) in [5, 5.41) is 4.27.